The van der Waals surface area contributed by atoms with E-state index in [-0.39, 0.29) is 11.7 Å². The minimum absolute atomic E-state index is 0.162. The molecule has 0 aliphatic heterocycles. The number of nitrogens with one attached hydrogen (secondary N) is 2. The van der Waals surface area contributed by atoms with E-state index in [1.165, 1.54) is 6.07 Å². The lowest BCUT2D eigenvalue weighted by atomic mass is 9.99. The first-order valence-electron chi connectivity index (χ1n) is 12.3. The number of aromatic nitrogens is 3. The van der Waals surface area contributed by atoms with Gasteiger partial charge >= 0.3 is 11.7 Å². The van der Waals surface area contributed by atoms with Crippen molar-refractivity contribution in [1.29, 1.82) is 0 Å². The summed E-state index contributed by atoms with van der Waals surface area (Å²) < 4.78 is 23.8. The van der Waals surface area contributed by atoms with Crippen molar-refractivity contribution in [3.63, 3.8) is 0 Å². The van der Waals surface area contributed by atoms with Gasteiger partial charge in [-0.25, -0.2) is 14.0 Å². The highest BCUT2D eigenvalue weighted by atomic mass is 19.1. The number of benzene rings is 2. The Hall–Kier alpha value is -3.76. The summed E-state index contributed by atoms with van der Waals surface area (Å²) in [6.07, 6.45) is 1.68. The van der Waals surface area contributed by atoms with Gasteiger partial charge in [-0.3, -0.25) is 14.1 Å². The van der Waals surface area contributed by atoms with Gasteiger partial charge in [0.25, 0.3) is 0 Å². The van der Waals surface area contributed by atoms with Crippen LogP contribution in [0.15, 0.2) is 41.3 Å². The number of likely N-dealkylation sites (N-methyl/N-ethyl adjacent to an activating group) is 2. The van der Waals surface area contributed by atoms with Crippen LogP contribution in [0.1, 0.15) is 12.5 Å². The van der Waals surface area contributed by atoms with E-state index in [4.69, 9.17) is 4.74 Å². The Morgan fingerprint density at radius 2 is 2.03 bits per heavy atom. The summed E-state index contributed by atoms with van der Waals surface area (Å²) in [7, 11) is 5.13. The highest BCUT2D eigenvalue weighted by molar-refractivity contribution is 6.04. The number of aryl methyl sites for hydroxylation is 2. The Kier molecular flexibility index (Phi) is 7.89. The number of halogens is 1. The molecule has 2 aromatic heterocycles. The third-order valence-corrected chi connectivity index (χ3v) is 6.66. The van der Waals surface area contributed by atoms with E-state index in [0.717, 1.165) is 16.5 Å². The standard InChI is InChI=1S/C27H33FN6O3/c1-6-33(10-9-29-3)26(35)31-23-15-21(28)19(13-17(23)2)18-7-8-22-20(14-18)25-24(16-30-22)32(4)27(36)34(25)11-12-37-5/h7-8,13-16,29H,6,9-12H2,1-5H3,(H,31,35). The molecule has 0 bridgehead atoms. The summed E-state index contributed by atoms with van der Waals surface area (Å²) in [4.78, 5) is 31.8. The lowest BCUT2D eigenvalue weighted by molar-refractivity contribution is 0.187. The maximum Gasteiger partial charge on any atom is 0.328 e. The molecule has 0 spiro atoms. The molecule has 2 N–H and O–H groups in total. The topological polar surface area (TPSA) is 93.4 Å². The summed E-state index contributed by atoms with van der Waals surface area (Å²) in [5, 5.41) is 6.61. The maximum absolute atomic E-state index is 15.4. The number of carbonyl (C=O) groups is 1. The summed E-state index contributed by atoms with van der Waals surface area (Å²) in [6, 6.07) is 8.31. The molecule has 4 aromatic rings. The van der Waals surface area contributed by atoms with Gasteiger partial charge in [0.1, 0.15) is 5.82 Å². The van der Waals surface area contributed by atoms with Crippen molar-refractivity contribution in [3.8, 4) is 11.1 Å². The number of anilines is 1. The average molecular weight is 509 g/mol. The predicted octanol–water partition coefficient (Wildman–Crippen LogP) is 3.72. The van der Waals surface area contributed by atoms with Crippen LogP contribution in [-0.4, -0.2) is 65.4 Å². The predicted molar refractivity (Wildman–Crippen MR) is 145 cm³/mol. The molecule has 0 saturated heterocycles. The van der Waals surface area contributed by atoms with Gasteiger partial charge in [-0.2, -0.15) is 0 Å². The number of hydrogen-bond acceptors (Lipinski definition) is 5. The fraction of sp³-hybridized carbons (Fsp3) is 0.370. The molecule has 0 aliphatic carbocycles. The quantitative estimate of drug-likeness (QED) is 0.360. The van der Waals surface area contributed by atoms with Crippen molar-refractivity contribution < 1.29 is 13.9 Å². The van der Waals surface area contributed by atoms with E-state index in [0.29, 0.717) is 60.6 Å². The minimum Gasteiger partial charge on any atom is -0.383 e. The first-order chi connectivity index (χ1) is 17.8. The van der Waals surface area contributed by atoms with E-state index < -0.39 is 5.82 Å². The van der Waals surface area contributed by atoms with Gasteiger partial charge in [0.2, 0.25) is 0 Å². The molecule has 0 unspecified atom stereocenters. The molecule has 0 aliphatic rings. The Bertz CT molecular complexity index is 1510. The van der Waals surface area contributed by atoms with Crippen molar-refractivity contribution >= 4 is 33.7 Å². The van der Waals surface area contributed by atoms with Gasteiger partial charge < -0.3 is 20.3 Å². The molecule has 2 aromatic carbocycles. The zero-order valence-corrected chi connectivity index (χ0v) is 21.9. The zero-order valence-electron chi connectivity index (χ0n) is 21.9. The maximum atomic E-state index is 15.4. The second-order valence-corrected chi connectivity index (χ2v) is 8.97. The van der Waals surface area contributed by atoms with Gasteiger partial charge in [0, 0.05) is 50.4 Å². The molecule has 0 radical (unpaired) electrons. The Morgan fingerprint density at radius 1 is 1.24 bits per heavy atom. The Labute approximate surface area is 214 Å². The second kappa shape index (κ2) is 11.1. The molecule has 10 heteroatoms. The molecule has 2 amide bonds. The van der Waals surface area contributed by atoms with Crippen LogP contribution in [0.3, 0.4) is 0 Å². The van der Waals surface area contributed by atoms with E-state index in [9.17, 15) is 9.59 Å². The van der Waals surface area contributed by atoms with E-state index in [1.807, 2.05) is 39.1 Å². The number of fused-ring (bicyclic) bond motifs is 3. The number of pyridine rings is 1. The molecule has 2 heterocycles. The number of imidazole rings is 1. The summed E-state index contributed by atoms with van der Waals surface area (Å²) in [6.45, 7) is 6.27. The van der Waals surface area contributed by atoms with Crippen molar-refractivity contribution in [1.82, 2.24) is 24.3 Å². The van der Waals surface area contributed by atoms with E-state index >= 15 is 4.39 Å². The number of ether oxygens (including phenoxy) is 1. The fourth-order valence-electron chi connectivity index (χ4n) is 4.52. The van der Waals surface area contributed by atoms with Gasteiger partial charge in [-0.1, -0.05) is 6.07 Å². The number of methoxy groups -OCH3 is 1. The monoisotopic (exact) mass is 508 g/mol. The van der Waals surface area contributed by atoms with Crippen LogP contribution in [0.25, 0.3) is 33.1 Å². The van der Waals surface area contributed by atoms with Crippen molar-refractivity contribution in [2.24, 2.45) is 7.05 Å². The first kappa shape index (κ1) is 26.3. The van der Waals surface area contributed by atoms with Crippen LogP contribution in [0, 0.1) is 12.7 Å². The third kappa shape index (κ3) is 5.07. The highest BCUT2D eigenvalue weighted by Crippen LogP contribution is 2.32. The summed E-state index contributed by atoms with van der Waals surface area (Å²) in [5.74, 6) is -0.455. The van der Waals surface area contributed by atoms with Crippen LogP contribution in [0.5, 0.6) is 0 Å². The van der Waals surface area contributed by atoms with Crippen LogP contribution in [0.2, 0.25) is 0 Å². The Morgan fingerprint density at radius 3 is 2.73 bits per heavy atom. The number of nitrogens with zero attached hydrogens (tertiary/aromatic N) is 4. The van der Waals surface area contributed by atoms with Gasteiger partial charge in [-0.15, -0.1) is 0 Å². The lowest BCUT2D eigenvalue weighted by Gasteiger charge is -2.22. The lowest BCUT2D eigenvalue weighted by Crippen LogP contribution is -2.39. The van der Waals surface area contributed by atoms with Crippen LogP contribution in [0.4, 0.5) is 14.9 Å². The van der Waals surface area contributed by atoms with Gasteiger partial charge in [0.15, 0.2) is 0 Å². The van der Waals surface area contributed by atoms with Crippen molar-refractivity contribution in [2.75, 3.05) is 45.7 Å². The largest absolute Gasteiger partial charge is 0.383 e. The molecular weight excluding hydrogens is 475 g/mol. The highest BCUT2D eigenvalue weighted by Gasteiger charge is 2.18. The number of hydrogen-bond donors (Lipinski definition) is 2. The van der Waals surface area contributed by atoms with Gasteiger partial charge in [0.05, 0.1) is 35.9 Å². The van der Waals surface area contributed by atoms with Crippen molar-refractivity contribution in [2.45, 2.75) is 20.4 Å². The minimum atomic E-state index is -0.455. The number of rotatable bonds is 9. The molecule has 0 atom stereocenters. The van der Waals surface area contributed by atoms with Crippen molar-refractivity contribution in [3.05, 3.63) is 58.4 Å². The fourth-order valence-corrected chi connectivity index (χ4v) is 4.52. The molecule has 37 heavy (non-hydrogen) atoms. The molecule has 0 saturated carbocycles. The molecule has 0 fully saturated rings. The summed E-state index contributed by atoms with van der Waals surface area (Å²) >= 11 is 0. The smallest absolute Gasteiger partial charge is 0.328 e. The molecule has 196 valence electrons. The SMILES string of the molecule is CCN(CCNC)C(=O)Nc1cc(F)c(-c2ccc3ncc4c(c3c2)n(CCOC)c(=O)n4C)cc1C. The normalized spacial score (nSPS) is 11.4. The Balaban J connectivity index is 1.76. The molecule has 9 nitrogen and oxygen atoms in total. The molecular formula is C27H33FN6O3. The summed E-state index contributed by atoms with van der Waals surface area (Å²) in [5.41, 5.74) is 4.19. The number of carbonyl (C=O) groups excluding carboxylic acids is 1. The third-order valence-electron chi connectivity index (χ3n) is 6.66. The van der Waals surface area contributed by atoms with Crippen LogP contribution >= 0.6 is 0 Å². The zero-order chi connectivity index (χ0) is 26.7. The molecule has 4 rings (SSSR count). The second-order valence-electron chi connectivity index (χ2n) is 8.97. The number of urea groups is 1. The van der Waals surface area contributed by atoms with Gasteiger partial charge in [-0.05, 0) is 56.3 Å². The number of amides is 2. The van der Waals surface area contributed by atoms with Crippen LogP contribution < -0.4 is 16.3 Å². The average Bonchev–Trinajstić information content (AvgIpc) is 3.14. The van der Waals surface area contributed by atoms with Crippen LogP contribution in [-0.2, 0) is 18.3 Å². The first-order valence-corrected chi connectivity index (χ1v) is 12.3. The van der Waals surface area contributed by atoms with E-state index in [1.54, 1.807) is 40.5 Å². The van der Waals surface area contributed by atoms with E-state index in [2.05, 4.69) is 15.6 Å².